The minimum atomic E-state index is -0.167. The lowest BCUT2D eigenvalue weighted by Crippen LogP contribution is -2.25. The molecule has 4 N–H and O–H groups in total. The Morgan fingerprint density at radius 1 is 1.77 bits per heavy atom. The zero-order valence-corrected chi connectivity index (χ0v) is 7.55. The smallest absolute Gasteiger partial charge is 0.268 e. The quantitative estimate of drug-likeness (QED) is 0.603. The van der Waals surface area contributed by atoms with E-state index in [1.807, 2.05) is 6.92 Å². The Bertz CT molecular complexity index is 327. The maximum absolute atomic E-state index is 11.3. The van der Waals surface area contributed by atoms with E-state index in [1.54, 1.807) is 12.3 Å². The second-order valence-corrected chi connectivity index (χ2v) is 2.99. The Labute approximate surface area is 76.8 Å². The standard InChI is InChI=1S/C9H13N3O/c1-6(2)4-12-9(13)8-3-7(10)5-11-8/h3,5,11H,1,4,10H2,2H3,(H,12,13). The van der Waals surface area contributed by atoms with Crippen molar-refractivity contribution >= 4 is 11.6 Å². The van der Waals surface area contributed by atoms with Crippen molar-refractivity contribution in [1.29, 1.82) is 0 Å². The van der Waals surface area contributed by atoms with Gasteiger partial charge in [0.25, 0.3) is 5.91 Å². The molecular formula is C9H13N3O. The van der Waals surface area contributed by atoms with Crippen LogP contribution in [0.3, 0.4) is 0 Å². The summed E-state index contributed by atoms with van der Waals surface area (Å²) >= 11 is 0. The van der Waals surface area contributed by atoms with E-state index >= 15 is 0 Å². The molecule has 0 saturated heterocycles. The highest BCUT2D eigenvalue weighted by Crippen LogP contribution is 2.03. The molecule has 0 unspecified atom stereocenters. The number of nitrogens with one attached hydrogen (secondary N) is 2. The minimum absolute atomic E-state index is 0.167. The van der Waals surface area contributed by atoms with Gasteiger partial charge >= 0.3 is 0 Å². The summed E-state index contributed by atoms with van der Waals surface area (Å²) in [4.78, 5) is 14.1. The van der Waals surface area contributed by atoms with Crippen LogP contribution < -0.4 is 11.1 Å². The van der Waals surface area contributed by atoms with E-state index in [0.29, 0.717) is 17.9 Å². The first-order valence-electron chi connectivity index (χ1n) is 3.96. The van der Waals surface area contributed by atoms with Gasteiger partial charge in [0.15, 0.2) is 0 Å². The maximum Gasteiger partial charge on any atom is 0.268 e. The topological polar surface area (TPSA) is 70.9 Å². The van der Waals surface area contributed by atoms with Crippen LogP contribution in [0.25, 0.3) is 0 Å². The molecular weight excluding hydrogens is 166 g/mol. The minimum Gasteiger partial charge on any atom is -0.397 e. The number of hydrogen-bond acceptors (Lipinski definition) is 2. The van der Waals surface area contributed by atoms with Gasteiger partial charge in [-0.2, -0.15) is 0 Å². The Hall–Kier alpha value is -1.71. The van der Waals surface area contributed by atoms with Crippen molar-refractivity contribution in [3.8, 4) is 0 Å². The van der Waals surface area contributed by atoms with E-state index in [-0.39, 0.29) is 5.91 Å². The van der Waals surface area contributed by atoms with Crippen LogP contribution in [0.2, 0.25) is 0 Å². The van der Waals surface area contributed by atoms with Crippen LogP contribution in [0.4, 0.5) is 5.69 Å². The average Bonchev–Trinajstić information content (AvgIpc) is 2.47. The summed E-state index contributed by atoms with van der Waals surface area (Å²) in [5.74, 6) is -0.167. The van der Waals surface area contributed by atoms with Gasteiger partial charge in [0, 0.05) is 18.4 Å². The number of rotatable bonds is 3. The molecule has 1 heterocycles. The first-order valence-corrected chi connectivity index (χ1v) is 3.96. The molecule has 0 aromatic carbocycles. The number of amides is 1. The van der Waals surface area contributed by atoms with Crippen LogP contribution >= 0.6 is 0 Å². The van der Waals surface area contributed by atoms with E-state index in [4.69, 9.17) is 5.73 Å². The largest absolute Gasteiger partial charge is 0.397 e. The predicted octanol–water partition coefficient (Wildman–Crippen LogP) is 0.903. The van der Waals surface area contributed by atoms with E-state index in [9.17, 15) is 4.79 Å². The lowest BCUT2D eigenvalue weighted by atomic mass is 10.3. The number of aromatic nitrogens is 1. The molecule has 1 aromatic heterocycles. The number of anilines is 1. The van der Waals surface area contributed by atoms with Crippen LogP contribution in [0.1, 0.15) is 17.4 Å². The fourth-order valence-electron chi connectivity index (χ4n) is 0.869. The van der Waals surface area contributed by atoms with Crippen LogP contribution in [-0.2, 0) is 0 Å². The summed E-state index contributed by atoms with van der Waals surface area (Å²) in [6, 6.07) is 1.59. The lowest BCUT2D eigenvalue weighted by molar-refractivity contribution is 0.0952. The predicted molar refractivity (Wildman–Crippen MR) is 52.4 cm³/mol. The second kappa shape index (κ2) is 3.80. The molecule has 4 heteroatoms. The van der Waals surface area contributed by atoms with Gasteiger partial charge in [0.2, 0.25) is 0 Å². The molecule has 0 saturated carbocycles. The number of nitrogens with two attached hydrogens (primary N) is 1. The second-order valence-electron chi connectivity index (χ2n) is 2.99. The molecule has 1 aromatic rings. The summed E-state index contributed by atoms with van der Waals surface area (Å²) in [5.41, 5.74) is 7.38. The van der Waals surface area contributed by atoms with Gasteiger partial charge in [-0.15, -0.1) is 0 Å². The Morgan fingerprint density at radius 3 is 2.92 bits per heavy atom. The van der Waals surface area contributed by atoms with Crippen molar-refractivity contribution in [2.24, 2.45) is 0 Å². The van der Waals surface area contributed by atoms with Crippen LogP contribution in [0.15, 0.2) is 24.4 Å². The molecule has 0 aliphatic rings. The lowest BCUT2D eigenvalue weighted by Gasteiger charge is -2.01. The number of hydrogen-bond donors (Lipinski definition) is 3. The highest BCUT2D eigenvalue weighted by Gasteiger charge is 2.05. The van der Waals surface area contributed by atoms with E-state index < -0.39 is 0 Å². The number of carbonyl (C=O) groups excluding carboxylic acids is 1. The molecule has 70 valence electrons. The number of aromatic amines is 1. The zero-order valence-electron chi connectivity index (χ0n) is 7.55. The molecule has 1 amide bonds. The van der Waals surface area contributed by atoms with E-state index in [1.165, 1.54) is 0 Å². The SMILES string of the molecule is C=C(C)CNC(=O)c1cc(N)c[nH]1. The van der Waals surface area contributed by atoms with Gasteiger partial charge in [-0.3, -0.25) is 4.79 Å². The van der Waals surface area contributed by atoms with Crippen molar-refractivity contribution in [3.05, 3.63) is 30.1 Å². The molecule has 0 bridgehead atoms. The average molecular weight is 179 g/mol. The molecule has 13 heavy (non-hydrogen) atoms. The van der Waals surface area contributed by atoms with E-state index in [0.717, 1.165) is 5.57 Å². The summed E-state index contributed by atoms with van der Waals surface area (Å²) in [5, 5.41) is 2.69. The van der Waals surface area contributed by atoms with Crippen LogP contribution in [0.5, 0.6) is 0 Å². The van der Waals surface area contributed by atoms with Gasteiger partial charge in [-0.05, 0) is 13.0 Å². The molecule has 0 radical (unpaired) electrons. The first kappa shape index (κ1) is 9.38. The fourth-order valence-corrected chi connectivity index (χ4v) is 0.869. The summed E-state index contributed by atoms with van der Waals surface area (Å²) in [6.07, 6.45) is 1.58. The van der Waals surface area contributed by atoms with Crippen molar-refractivity contribution in [1.82, 2.24) is 10.3 Å². The van der Waals surface area contributed by atoms with Crippen molar-refractivity contribution in [2.75, 3.05) is 12.3 Å². The van der Waals surface area contributed by atoms with Crippen LogP contribution in [0, 0.1) is 0 Å². The van der Waals surface area contributed by atoms with Crippen molar-refractivity contribution in [2.45, 2.75) is 6.92 Å². The summed E-state index contributed by atoms with van der Waals surface area (Å²) in [6.45, 7) is 6.01. The van der Waals surface area contributed by atoms with Crippen molar-refractivity contribution in [3.63, 3.8) is 0 Å². The zero-order chi connectivity index (χ0) is 9.84. The molecule has 0 aliphatic heterocycles. The van der Waals surface area contributed by atoms with Gasteiger partial charge in [0.1, 0.15) is 5.69 Å². The first-order chi connectivity index (χ1) is 6.09. The normalized spacial score (nSPS) is 9.62. The van der Waals surface area contributed by atoms with Crippen LogP contribution in [-0.4, -0.2) is 17.4 Å². The molecule has 0 fully saturated rings. The molecule has 0 aliphatic carbocycles. The fraction of sp³-hybridized carbons (Fsp3) is 0.222. The van der Waals surface area contributed by atoms with Crippen molar-refractivity contribution < 1.29 is 4.79 Å². The number of carbonyl (C=O) groups is 1. The number of nitrogen functional groups attached to an aromatic ring is 1. The highest BCUT2D eigenvalue weighted by atomic mass is 16.1. The Balaban J connectivity index is 2.54. The van der Waals surface area contributed by atoms with Gasteiger partial charge < -0.3 is 16.0 Å². The van der Waals surface area contributed by atoms with Gasteiger partial charge in [-0.1, -0.05) is 12.2 Å². The molecule has 0 spiro atoms. The van der Waals surface area contributed by atoms with Gasteiger partial charge in [-0.25, -0.2) is 0 Å². The molecule has 0 atom stereocenters. The molecule has 1 rings (SSSR count). The highest BCUT2D eigenvalue weighted by molar-refractivity contribution is 5.93. The Morgan fingerprint density at radius 2 is 2.46 bits per heavy atom. The summed E-state index contributed by atoms with van der Waals surface area (Å²) < 4.78 is 0. The third kappa shape index (κ3) is 2.66. The Kier molecular flexibility index (Phi) is 2.74. The third-order valence-electron chi connectivity index (χ3n) is 1.50. The summed E-state index contributed by atoms with van der Waals surface area (Å²) in [7, 11) is 0. The third-order valence-corrected chi connectivity index (χ3v) is 1.50. The monoisotopic (exact) mass is 179 g/mol. The molecule has 4 nitrogen and oxygen atoms in total. The van der Waals surface area contributed by atoms with Gasteiger partial charge in [0.05, 0.1) is 0 Å². The maximum atomic E-state index is 11.3. The van der Waals surface area contributed by atoms with E-state index in [2.05, 4.69) is 16.9 Å². The number of H-pyrrole nitrogens is 1.